The van der Waals surface area contributed by atoms with Crippen LogP contribution in [0.15, 0.2) is 27.0 Å². The molecule has 7 heteroatoms. The van der Waals surface area contributed by atoms with E-state index in [0.29, 0.717) is 10.2 Å². The molecule has 0 aliphatic rings. The van der Waals surface area contributed by atoms with Gasteiger partial charge in [-0.3, -0.25) is 4.79 Å². The lowest BCUT2D eigenvalue weighted by molar-refractivity contribution is -0.136. The van der Waals surface area contributed by atoms with Crippen molar-refractivity contribution in [2.75, 3.05) is 0 Å². The van der Waals surface area contributed by atoms with E-state index < -0.39 is 5.97 Å². The van der Waals surface area contributed by atoms with Gasteiger partial charge in [-0.2, -0.15) is 0 Å². The third-order valence-electron chi connectivity index (χ3n) is 2.57. The molecule has 0 radical (unpaired) electrons. The van der Waals surface area contributed by atoms with Crippen molar-refractivity contribution in [2.24, 2.45) is 0 Å². The Labute approximate surface area is 132 Å². The summed E-state index contributed by atoms with van der Waals surface area (Å²) in [6.07, 6.45) is -0.00623. The van der Waals surface area contributed by atoms with E-state index in [4.69, 9.17) is 5.11 Å². The zero-order valence-corrected chi connectivity index (χ0v) is 13.7. The number of thiazole rings is 1. The Morgan fingerprint density at radius 2 is 2.30 bits per heavy atom. The average Bonchev–Trinajstić information content (AvgIpc) is 2.71. The van der Waals surface area contributed by atoms with Crippen molar-refractivity contribution in [2.45, 2.75) is 23.4 Å². The summed E-state index contributed by atoms with van der Waals surface area (Å²) in [7, 11) is 0. The fourth-order valence-corrected chi connectivity index (χ4v) is 4.37. The second-order valence-corrected chi connectivity index (χ2v) is 7.16. The molecule has 3 nitrogen and oxygen atoms in total. The summed E-state index contributed by atoms with van der Waals surface area (Å²) < 4.78 is 14.6. The number of hydrogen-bond acceptors (Lipinski definition) is 4. The SMILES string of the molecule is Cc1nc(SCc2cccc(F)c2Br)sc1CC(=O)O. The largest absolute Gasteiger partial charge is 0.481 e. The maximum atomic E-state index is 13.4. The molecule has 2 aromatic rings. The molecule has 0 atom stereocenters. The van der Waals surface area contributed by atoms with Gasteiger partial charge in [0.25, 0.3) is 0 Å². The Balaban J connectivity index is 2.07. The molecular weight excluding hydrogens is 365 g/mol. The normalized spacial score (nSPS) is 10.8. The molecule has 0 fully saturated rings. The highest BCUT2D eigenvalue weighted by atomic mass is 79.9. The number of aromatic nitrogens is 1. The van der Waals surface area contributed by atoms with Gasteiger partial charge >= 0.3 is 5.97 Å². The van der Waals surface area contributed by atoms with Crippen molar-refractivity contribution in [1.29, 1.82) is 0 Å². The van der Waals surface area contributed by atoms with E-state index in [2.05, 4.69) is 20.9 Å². The molecule has 0 saturated carbocycles. The van der Waals surface area contributed by atoms with Crippen LogP contribution >= 0.6 is 39.0 Å². The molecule has 0 amide bonds. The Morgan fingerprint density at radius 1 is 1.55 bits per heavy atom. The molecule has 0 saturated heterocycles. The van der Waals surface area contributed by atoms with Gasteiger partial charge in [-0.1, -0.05) is 23.9 Å². The monoisotopic (exact) mass is 375 g/mol. The molecule has 106 valence electrons. The number of hydrogen-bond donors (Lipinski definition) is 1. The Hall–Kier alpha value is -0.920. The molecule has 1 N–H and O–H groups in total. The van der Waals surface area contributed by atoms with Crippen LogP contribution in [0.2, 0.25) is 0 Å². The van der Waals surface area contributed by atoms with Crippen molar-refractivity contribution < 1.29 is 14.3 Å². The molecule has 0 spiro atoms. The number of nitrogens with zero attached hydrogens (tertiary/aromatic N) is 1. The first-order valence-corrected chi connectivity index (χ1v) is 8.30. The van der Waals surface area contributed by atoms with Crippen LogP contribution in [-0.2, 0) is 17.0 Å². The summed E-state index contributed by atoms with van der Waals surface area (Å²) >= 11 is 6.08. The Kier molecular flexibility index (Phi) is 5.17. The lowest BCUT2D eigenvalue weighted by atomic mass is 10.2. The van der Waals surface area contributed by atoms with Gasteiger partial charge in [0.15, 0.2) is 4.34 Å². The molecule has 0 aliphatic carbocycles. The van der Waals surface area contributed by atoms with Crippen molar-refractivity contribution in [3.63, 3.8) is 0 Å². The van der Waals surface area contributed by atoms with E-state index in [1.807, 2.05) is 6.07 Å². The molecule has 1 heterocycles. The zero-order chi connectivity index (χ0) is 14.7. The highest BCUT2D eigenvalue weighted by Crippen LogP contribution is 2.32. The maximum absolute atomic E-state index is 13.4. The number of thioether (sulfide) groups is 1. The van der Waals surface area contributed by atoms with Gasteiger partial charge in [0.05, 0.1) is 16.6 Å². The average molecular weight is 376 g/mol. The van der Waals surface area contributed by atoms with Crippen LogP contribution in [0, 0.1) is 12.7 Å². The summed E-state index contributed by atoms with van der Waals surface area (Å²) in [6, 6.07) is 4.91. The van der Waals surface area contributed by atoms with Crippen LogP contribution in [0.1, 0.15) is 16.1 Å². The minimum Gasteiger partial charge on any atom is -0.481 e. The summed E-state index contributed by atoms with van der Waals surface area (Å²) in [5, 5.41) is 8.80. The number of rotatable bonds is 5. The van der Waals surface area contributed by atoms with Gasteiger partial charge in [0.1, 0.15) is 5.82 Å². The topological polar surface area (TPSA) is 50.2 Å². The van der Waals surface area contributed by atoms with Crippen molar-refractivity contribution >= 4 is 45.0 Å². The van der Waals surface area contributed by atoms with Gasteiger partial charge in [0, 0.05) is 10.6 Å². The smallest absolute Gasteiger partial charge is 0.308 e. The summed E-state index contributed by atoms with van der Waals surface area (Å²) in [5.41, 5.74) is 1.60. The Morgan fingerprint density at radius 3 is 3.00 bits per heavy atom. The number of aliphatic carboxylic acids is 1. The summed E-state index contributed by atoms with van der Waals surface area (Å²) in [6.45, 7) is 1.80. The number of benzene rings is 1. The molecular formula is C13H11BrFNO2S2. The van der Waals surface area contributed by atoms with Gasteiger partial charge in [-0.05, 0) is 34.5 Å². The number of carboxylic acid groups (broad SMARTS) is 1. The number of carbonyl (C=O) groups is 1. The van der Waals surface area contributed by atoms with Gasteiger partial charge in [-0.15, -0.1) is 11.3 Å². The van der Waals surface area contributed by atoms with Crippen molar-refractivity contribution in [1.82, 2.24) is 4.98 Å². The number of aryl methyl sites for hydroxylation is 1. The second kappa shape index (κ2) is 6.69. The predicted octanol–water partition coefficient (Wildman–Crippen LogP) is 4.27. The molecule has 0 aliphatic heterocycles. The molecule has 20 heavy (non-hydrogen) atoms. The summed E-state index contributed by atoms with van der Waals surface area (Å²) in [5.74, 6) is -0.566. The fourth-order valence-electron chi connectivity index (χ4n) is 1.56. The minimum absolute atomic E-state index is 0.00623. The molecule has 0 bridgehead atoms. The third kappa shape index (κ3) is 3.80. The zero-order valence-electron chi connectivity index (χ0n) is 10.5. The minimum atomic E-state index is -0.860. The third-order valence-corrected chi connectivity index (χ3v) is 5.80. The highest BCUT2D eigenvalue weighted by Gasteiger charge is 2.12. The predicted molar refractivity (Wildman–Crippen MR) is 81.9 cm³/mol. The second-order valence-electron chi connectivity index (χ2n) is 4.06. The first-order valence-electron chi connectivity index (χ1n) is 5.71. The van der Waals surface area contributed by atoms with Crippen LogP contribution in [0.3, 0.4) is 0 Å². The van der Waals surface area contributed by atoms with Crippen LogP contribution in [0.4, 0.5) is 4.39 Å². The lowest BCUT2D eigenvalue weighted by Crippen LogP contribution is -1.99. The van der Waals surface area contributed by atoms with Crippen molar-refractivity contribution in [3.05, 3.63) is 44.6 Å². The van der Waals surface area contributed by atoms with E-state index in [-0.39, 0.29) is 12.2 Å². The molecule has 1 aromatic carbocycles. The van der Waals surface area contributed by atoms with E-state index in [0.717, 1.165) is 20.5 Å². The van der Waals surface area contributed by atoms with Gasteiger partial charge in [-0.25, -0.2) is 9.37 Å². The fraction of sp³-hybridized carbons (Fsp3) is 0.231. The number of carboxylic acids is 1. The molecule has 1 aromatic heterocycles. The van der Waals surface area contributed by atoms with Crippen LogP contribution < -0.4 is 0 Å². The van der Waals surface area contributed by atoms with E-state index in [1.54, 1.807) is 13.0 Å². The molecule has 0 unspecified atom stereocenters. The highest BCUT2D eigenvalue weighted by molar-refractivity contribution is 9.10. The standard InChI is InChI=1S/C13H11BrFNO2S2/c1-7-10(5-11(17)18)20-13(16-7)19-6-8-3-2-4-9(15)12(8)14/h2-4H,5-6H2,1H3,(H,17,18). The first-order chi connectivity index (χ1) is 9.47. The first kappa shape index (κ1) is 15.5. The van der Waals surface area contributed by atoms with E-state index >= 15 is 0 Å². The maximum Gasteiger partial charge on any atom is 0.308 e. The quantitative estimate of drug-likeness (QED) is 0.792. The van der Waals surface area contributed by atoms with E-state index in [9.17, 15) is 9.18 Å². The lowest BCUT2D eigenvalue weighted by Gasteiger charge is -2.03. The van der Waals surface area contributed by atoms with Crippen LogP contribution in [0.25, 0.3) is 0 Å². The van der Waals surface area contributed by atoms with Crippen LogP contribution in [0.5, 0.6) is 0 Å². The van der Waals surface area contributed by atoms with Gasteiger partial charge in [0.2, 0.25) is 0 Å². The van der Waals surface area contributed by atoms with Gasteiger partial charge < -0.3 is 5.11 Å². The van der Waals surface area contributed by atoms with Crippen molar-refractivity contribution in [3.8, 4) is 0 Å². The number of halogens is 2. The Bertz CT molecular complexity index is 645. The van der Waals surface area contributed by atoms with Crippen LogP contribution in [-0.4, -0.2) is 16.1 Å². The summed E-state index contributed by atoms with van der Waals surface area (Å²) in [4.78, 5) is 15.8. The molecule has 2 rings (SSSR count). The van der Waals surface area contributed by atoms with E-state index in [1.165, 1.54) is 29.2 Å².